The van der Waals surface area contributed by atoms with Crippen LogP contribution < -0.4 is 10.9 Å². The van der Waals surface area contributed by atoms with E-state index in [9.17, 15) is 9.59 Å². The molecule has 142 valence electrons. The van der Waals surface area contributed by atoms with E-state index in [1.165, 1.54) is 11.1 Å². The lowest BCUT2D eigenvalue weighted by Crippen LogP contribution is -2.50. The Morgan fingerprint density at radius 3 is 2.64 bits per heavy atom. The second kappa shape index (κ2) is 6.91. The second-order valence-electron chi connectivity index (χ2n) is 7.89. The van der Waals surface area contributed by atoms with E-state index < -0.39 is 0 Å². The number of carbonyl (C=O) groups excluding carboxylic acids is 1. The number of nitrogens with zero attached hydrogens (tertiary/aromatic N) is 1. The normalized spacial score (nSPS) is 19.4. The molecule has 5 rings (SSSR count). The zero-order valence-electron chi connectivity index (χ0n) is 15.7. The van der Waals surface area contributed by atoms with Crippen LogP contribution in [0.5, 0.6) is 0 Å². The number of aromatic nitrogens is 1. The Bertz CT molecular complexity index is 1100. The van der Waals surface area contributed by atoms with Crippen LogP contribution in [0, 0.1) is 0 Å². The quantitative estimate of drug-likeness (QED) is 0.739. The van der Waals surface area contributed by atoms with Crippen LogP contribution in [0.15, 0.2) is 59.4 Å². The Hall–Kier alpha value is -2.92. The van der Waals surface area contributed by atoms with Gasteiger partial charge in [0, 0.05) is 30.2 Å². The first-order valence-corrected chi connectivity index (χ1v) is 9.89. The van der Waals surface area contributed by atoms with Gasteiger partial charge in [0.1, 0.15) is 0 Å². The molecule has 5 heteroatoms. The summed E-state index contributed by atoms with van der Waals surface area (Å²) >= 11 is 0. The van der Waals surface area contributed by atoms with Gasteiger partial charge in [-0.15, -0.1) is 0 Å². The lowest BCUT2D eigenvalue weighted by Gasteiger charge is -2.36. The molecule has 1 aromatic heterocycles. The summed E-state index contributed by atoms with van der Waals surface area (Å²) in [6.07, 6.45) is 2.82. The second-order valence-corrected chi connectivity index (χ2v) is 7.89. The van der Waals surface area contributed by atoms with Gasteiger partial charge in [-0.1, -0.05) is 42.5 Å². The van der Waals surface area contributed by atoms with Crippen molar-refractivity contribution in [3.05, 3.63) is 81.6 Å². The highest BCUT2D eigenvalue weighted by molar-refractivity contribution is 5.83. The highest BCUT2D eigenvalue weighted by Crippen LogP contribution is 2.26. The minimum atomic E-state index is -0.249. The van der Waals surface area contributed by atoms with Crippen LogP contribution in [0.25, 0.3) is 10.9 Å². The third-order valence-electron chi connectivity index (χ3n) is 5.78. The van der Waals surface area contributed by atoms with Crippen molar-refractivity contribution < 1.29 is 4.79 Å². The lowest BCUT2D eigenvalue weighted by atomic mass is 9.93. The highest BCUT2D eigenvalue weighted by atomic mass is 16.2. The molecule has 1 aliphatic heterocycles. The predicted octanol–water partition coefficient (Wildman–Crippen LogP) is 2.73. The first-order chi connectivity index (χ1) is 13.7. The molecular weight excluding hydrogens is 350 g/mol. The monoisotopic (exact) mass is 373 g/mol. The molecule has 2 aromatic carbocycles. The van der Waals surface area contributed by atoms with Crippen LogP contribution in [0.4, 0.5) is 0 Å². The first kappa shape index (κ1) is 17.2. The van der Waals surface area contributed by atoms with Gasteiger partial charge in [-0.3, -0.25) is 14.5 Å². The van der Waals surface area contributed by atoms with Crippen LogP contribution >= 0.6 is 0 Å². The molecule has 1 saturated carbocycles. The van der Waals surface area contributed by atoms with Crippen molar-refractivity contribution in [3.8, 4) is 0 Å². The van der Waals surface area contributed by atoms with E-state index in [1.54, 1.807) is 0 Å². The molecule has 0 radical (unpaired) electrons. The predicted molar refractivity (Wildman–Crippen MR) is 109 cm³/mol. The number of pyridine rings is 1. The van der Waals surface area contributed by atoms with Crippen LogP contribution in [0.3, 0.4) is 0 Å². The Labute approximate surface area is 163 Å². The summed E-state index contributed by atoms with van der Waals surface area (Å²) in [5, 5.41) is 4.16. The smallest absolute Gasteiger partial charge is 0.252 e. The maximum Gasteiger partial charge on any atom is 0.252 e. The molecule has 0 saturated heterocycles. The average Bonchev–Trinajstić information content (AvgIpc) is 3.52. The summed E-state index contributed by atoms with van der Waals surface area (Å²) < 4.78 is 0. The summed E-state index contributed by atoms with van der Waals surface area (Å²) in [6, 6.07) is 18.1. The van der Waals surface area contributed by atoms with Gasteiger partial charge in [0.05, 0.1) is 6.04 Å². The van der Waals surface area contributed by atoms with E-state index in [0.29, 0.717) is 31.1 Å². The number of H-pyrrole nitrogens is 1. The van der Waals surface area contributed by atoms with Crippen molar-refractivity contribution in [2.45, 2.75) is 44.4 Å². The molecule has 28 heavy (non-hydrogen) atoms. The van der Waals surface area contributed by atoms with Crippen LogP contribution in [-0.4, -0.2) is 27.9 Å². The van der Waals surface area contributed by atoms with Crippen molar-refractivity contribution >= 4 is 16.8 Å². The summed E-state index contributed by atoms with van der Waals surface area (Å²) in [4.78, 5) is 30.7. The van der Waals surface area contributed by atoms with Gasteiger partial charge < -0.3 is 10.3 Å². The molecule has 3 aromatic rings. The molecule has 1 atom stereocenters. The van der Waals surface area contributed by atoms with Crippen molar-refractivity contribution in [3.63, 3.8) is 0 Å². The summed E-state index contributed by atoms with van der Waals surface area (Å²) in [5.74, 6) is 0.0780. The summed E-state index contributed by atoms with van der Waals surface area (Å²) in [6.45, 7) is 1.13. The van der Waals surface area contributed by atoms with Gasteiger partial charge in [-0.05, 0) is 47.9 Å². The number of nitrogens with one attached hydrogen (secondary N) is 2. The number of rotatable bonds is 4. The average molecular weight is 373 g/mol. The van der Waals surface area contributed by atoms with Gasteiger partial charge in [0.2, 0.25) is 5.91 Å². The Morgan fingerprint density at radius 1 is 1.07 bits per heavy atom. The molecular formula is C23H23N3O2. The Kier molecular flexibility index (Phi) is 4.24. The maximum absolute atomic E-state index is 12.9. The molecule has 2 heterocycles. The summed E-state index contributed by atoms with van der Waals surface area (Å²) in [5.41, 5.74) is 3.90. The van der Waals surface area contributed by atoms with E-state index in [1.807, 2.05) is 42.5 Å². The molecule has 2 N–H and O–H groups in total. The molecule has 2 aliphatic rings. The number of amides is 1. The topological polar surface area (TPSA) is 65.2 Å². The largest absolute Gasteiger partial charge is 0.352 e. The van der Waals surface area contributed by atoms with E-state index in [-0.39, 0.29) is 17.5 Å². The highest BCUT2D eigenvalue weighted by Gasteiger charge is 2.34. The fourth-order valence-corrected chi connectivity index (χ4v) is 4.06. The molecule has 0 spiro atoms. The molecule has 1 amide bonds. The number of hydrogen-bond acceptors (Lipinski definition) is 3. The number of benzene rings is 2. The first-order valence-electron chi connectivity index (χ1n) is 9.89. The fraction of sp³-hybridized carbons (Fsp3) is 0.304. The zero-order chi connectivity index (χ0) is 19.1. The number of carbonyl (C=O) groups is 1. The van der Waals surface area contributed by atoms with Crippen molar-refractivity contribution in [2.75, 3.05) is 0 Å². The fourth-order valence-electron chi connectivity index (χ4n) is 4.06. The van der Waals surface area contributed by atoms with Gasteiger partial charge in [0.25, 0.3) is 5.56 Å². The van der Waals surface area contributed by atoms with Gasteiger partial charge in [-0.25, -0.2) is 0 Å². The SMILES string of the molecule is O=C(NC1CC1)[C@H]1Cc2ccccc2CN1Cc1cc2ccccc2[nH]c1=O. The summed E-state index contributed by atoms with van der Waals surface area (Å²) in [7, 11) is 0. The maximum atomic E-state index is 12.9. The van der Waals surface area contributed by atoms with Gasteiger partial charge >= 0.3 is 0 Å². The third-order valence-corrected chi connectivity index (χ3v) is 5.78. The molecule has 1 aliphatic carbocycles. The van der Waals surface area contributed by atoms with Crippen molar-refractivity contribution in [2.24, 2.45) is 0 Å². The van der Waals surface area contributed by atoms with Crippen molar-refractivity contribution in [1.82, 2.24) is 15.2 Å². The minimum Gasteiger partial charge on any atom is -0.352 e. The van der Waals surface area contributed by atoms with Crippen LogP contribution in [-0.2, 0) is 24.3 Å². The minimum absolute atomic E-state index is 0.0780. The van der Waals surface area contributed by atoms with E-state index >= 15 is 0 Å². The number of para-hydroxylation sites is 1. The molecule has 0 bridgehead atoms. The third kappa shape index (κ3) is 3.34. The van der Waals surface area contributed by atoms with Gasteiger partial charge in [-0.2, -0.15) is 0 Å². The van der Waals surface area contributed by atoms with Crippen LogP contribution in [0.1, 0.15) is 29.5 Å². The van der Waals surface area contributed by atoms with E-state index in [2.05, 4.69) is 27.3 Å². The molecule has 1 fully saturated rings. The zero-order valence-corrected chi connectivity index (χ0v) is 15.7. The molecule has 5 nitrogen and oxygen atoms in total. The molecule has 0 unspecified atom stereocenters. The Morgan fingerprint density at radius 2 is 1.82 bits per heavy atom. The van der Waals surface area contributed by atoms with E-state index in [4.69, 9.17) is 0 Å². The van der Waals surface area contributed by atoms with Gasteiger partial charge in [0.15, 0.2) is 0 Å². The lowest BCUT2D eigenvalue weighted by molar-refractivity contribution is -0.127. The standard InChI is InChI=1S/C23H23N3O2/c27-22-18(11-16-6-3-4-8-20(16)25-22)14-26-13-17-7-2-1-5-15(17)12-21(26)23(28)24-19-9-10-19/h1-8,11,19,21H,9-10,12-14H2,(H,24,28)(H,25,27)/t21-/m1/s1. The van der Waals surface area contributed by atoms with Crippen molar-refractivity contribution in [1.29, 1.82) is 0 Å². The van der Waals surface area contributed by atoms with E-state index in [0.717, 1.165) is 23.7 Å². The number of hydrogen-bond donors (Lipinski definition) is 2. The number of fused-ring (bicyclic) bond motifs is 2. The number of aromatic amines is 1. The van der Waals surface area contributed by atoms with Crippen LogP contribution in [0.2, 0.25) is 0 Å². The Balaban J connectivity index is 1.48.